The zero-order valence-electron chi connectivity index (χ0n) is 12.7. The first-order valence-corrected chi connectivity index (χ1v) is 7.05. The van der Waals surface area contributed by atoms with Gasteiger partial charge in [-0.05, 0) is 39.0 Å². The van der Waals surface area contributed by atoms with Gasteiger partial charge >= 0.3 is 12.1 Å². The highest BCUT2D eigenvalue weighted by molar-refractivity contribution is 6.32. The van der Waals surface area contributed by atoms with Crippen LogP contribution < -0.4 is 5.32 Å². The van der Waals surface area contributed by atoms with Gasteiger partial charge in [-0.1, -0.05) is 23.4 Å². The molecule has 0 unspecified atom stereocenters. The highest BCUT2D eigenvalue weighted by Crippen LogP contribution is 2.17. The van der Waals surface area contributed by atoms with Crippen LogP contribution in [0.5, 0.6) is 0 Å². The van der Waals surface area contributed by atoms with Crippen LogP contribution in [0.15, 0.2) is 18.2 Å². The van der Waals surface area contributed by atoms with E-state index in [1.807, 2.05) is 0 Å². The maximum atomic E-state index is 11.4. The summed E-state index contributed by atoms with van der Waals surface area (Å²) in [5.41, 5.74) is 0.126. The van der Waals surface area contributed by atoms with Crippen molar-refractivity contribution in [2.45, 2.75) is 32.8 Å². The number of carboxylic acid groups (broad SMARTS) is 1. The molecule has 0 heterocycles. The first-order chi connectivity index (χ1) is 10.2. The Morgan fingerprint density at radius 3 is 2.59 bits per heavy atom. The molecule has 0 fully saturated rings. The molecule has 0 saturated carbocycles. The molecule has 0 bridgehead atoms. The second kappa shape index (κ2) is 7.71. The lowest BCUT2D eigenvalue weighted by Gasteiger charge is -2.19. The first kappa shape index (κ1) is 17.9. The number of carbonyl (C=O) groups excluding carboxylic acids is 1. The fourth-order valence-electron chi connectivity index (χ4n) is 1.45. The smallest absolute Gasteiger partial charge is 0.407 e. The van der Waals surface area contributed by atoms with Gasteiger partial charge in [0, 0.05) is 18.5 Å². The maximum absolute atomic E-state index is 11.4. The minimum atomic E-state index is -1.04. The molecule has 0 aliphatic rings. The lowest BCUT2D eigenvalue weighted by molar-refractivity contribution is 0.0528. The van der Waals surface area contributed by atoms with E-state index in [2.05, 4.69) is 17.2 Å². The van der Waals surface area contributed by atoms with Gasteiger partial charge in [0.1, 0.15) is 5.60 Å². The van der Waals surface area contributed by atoms with Crippen LogP contribution in [0.4, 0.5) is 4.79 Å². The Kier molecular flexibility index (Phi) is 6.26. The van der Waals surface area contributed by atoms with E-state index in [9.17, 15) is 9.59 Å². The van der Waals surface area contributed by atoms with Crippen LogP contribution in [0.1, 0.15) is 43.1 Å². The van der Waals surface area contributed by atoms with Crippen molar-refractivity contribution in [3.05, 3.63) is 34.3 Å². The molecule has 0 atom stereocenters. The quantitative estimate of drug-likeness (QED) is 0.661. The summed E-state index contributed by atoms with van der Waals surface area (Å²) in [6.45, 7) is 5.71. The van der Waals surface area contributed by atoms with E-state index < -0.39 is 17.7 Å². The Morgan fingerprint density at radius 1 is 1.36 bits per heavy atom. The van der Waals surface area contributed by atoms with Crippen LogP contribution in [0.25, 0.3) is 0 Å². The molecule has 0 aromatic heterocycles. The van der Waals surface area contributed by atoms with Crippen LogP contribution >= 0.6 is 11.6 Å². The Labute approximate surface area is 134 Å². The van der Waals surface area contributed by atoms with Gasteiger partial charge < -0.3 is 15.2 Å². The number of benzene rings is 1. The molecule has 0 spiro atoms. The normalized spacial score (nSPS) is 10.4. The Morgan fingerprint density at radius 2 is 2.05 bits per heavy atom. The van der Waals surface area contributed by atoms with Gasteiger partial charge in [-0.25, -0.2) is 9.59 Å². The molecular formula is C16H18ClNO4. The van der Waals surface area contributed by atoms with Crippen molar-refractivity contribution in [3.8, 4) is 11.8 Å². The summed E-state index contributed by atoms with van der Waals surface area (Å²) in [6, 6.07) is 4.35. The summed E-state index contributed by atoms with van der Waals surface area (Å²) in [7, 11) is 0. The average Bonchev–Trinajstić information content (AvgIpc) is 2.37. The van der Waals surface area contributed by atoms with Gasteiger partial charge in [0.05, 0.1) is 10.6 Å². The third-order valence-electron chi connectivity index (χ3n) is 2.36. The van der Waals surface area contributed by atoms with Gasteiger partial charge in [0.15, 0.2) is 0 Å². The van der Waals surface area contributed by atoms with Crippen molar-refractivity contribution in [2.75, 3.05) is 6.54 Å². The van der Waals surface area contributed by atoms with Gasteiger partial charge in [-0.15, -0.1) is 0 Å². The van der Waals surface area contributed by atoms with Crippen molar-refractivity contribution >= 4 is 23.7 Å². The first-order valence-electron chi connectivity index (χ1n) is 6.67. The van der Waals surface area contributed by atoms with E-state index >= 15 is 0 Å². The van der Waals surface area contributed by atoms with E-state index in [1.165, 1.54) is 12.1 Å². The van der Waals surface area contributed by atoms with Gasteiger partial charge in [0.25, 0.3) is 0 Å². The van der Waals surface area contributed by atoms with E-state index in [0.29, 0.717) is 18.5 Å². The molecule has 1 rings (SSSR count). The highest BCUT2D eigenvalue weighted by Gasteiger charge is 2.15. The molecule has 0 aliphatic carbocycles. The minimum absolute atomic E-state index is 0.113. The number of rotatable bonds is 3. The van der Waals surface area contributed by atoms with Crippen molar-refractivity contribution in [2.24, 2.45) is 0 Å². The van der Waals surface area contributed by atoms with Crippen LogP contribution in [0.3, 0.4) is 0 Å². The summed E-state index contributed by atoms with van der Waals surface area (Å²) in [4.78, 5) is 22.2. The topological polar surface area (TPSA) is 75.6 Å². The molecule has 6 heteroatoms. The third-order valence-corrected chi connectivity index (χ3v) is 2.67. The van der Waals surface area contributed by atoms with Crippen LogP contribution in [-0.4, -0.2) is 29.3 Å². The van der Waals surface area contributed by atoms with E-state index in [0.717, 1.165) is 0 Å². The Bertz CT molecular complexity index is 623. The number of hydrogen-bond acceptors (Lipinski definition) is 3. The lowest BCUT2D eigenvalue weighted by atomic mass is 10.1. The number of alkyl carbamates (subject to hydrolysis) is 1. The predicted molar refractivity (Wildman–Crippen MR) is 84.1 cm³/mol. The predicted octanol–water partition coefficient (Wildman–Crippen LogP) is 3.30. The van der Waals surface area contributed by atoms with Crippen molar-refractivity contribution in [1.29, 1.82) is 0 Å². The van der Waals surface area contributed by atoms with Crippen molar-refractivity contribution < 1.29 is 19.4 Å². The number of nitrogens with one attached hydrogen (secondary N) is 1. The number of carboxylic acids is 1. The fraction of sp³-hybridized carbons (Fsp3) is 0.375. The summed E-state index contributed by atoms with van der Waals surface area (Å²) < 4.78 is 5.08. The Balaban J connectivity index is 2.48. The standard InChI is InChI=1S/C16H18ClNO4/c1-16(2,3)22-15(21)18-9-5-4-6-11-7-8-12(14(19)20)10-13(11)17/h7-8,10H,5,9H2,1-3H3,(H,18,21)(H,19,20). The third kappa shape index (κ3) is 6.51. The zero-order valence-corrected chi connectivity index (χ0v) is 13.5. The monoisotopic (exact) mass is 323 g/mol. The molecule has 22 heavy (non-hydrogen) atoms. The lowest BCUT2D eigenvalue weighted by Crippen LogP contribution is -2.32. The molecule has 1 amide bonds. The molecule has 0 aliphatic heterocycles. The number of aromatic carboxylic acids is 1. The van der Waals surface area contributed by atoms with Gasteiger partial charge in [-0.2, -0.15) is 0 Å². The largest absolute Gasteiger partial charge is 0.478 e. The minimum Gasteiger partial charge on any atom is -0.478 e. The molecule has 1 aromatic rings. The summed E-state index contributed by atoms with van der Waals surface area (Å²) in [5.74, 6) is 4.65. The second-order valence-corrected chi connectivity index (χ2v) is 5.89. The van der Waals surface area contributed by atoms with E-state index in [1.54, 1.807) is 26.8 Å². The number of carbonyl (C=O) groups is 2. The van der Waals surface area contributed by atoms with Crippen LogP contribution in [0.2, 0.25) is 5.02 Å². The fourth-order valence-corrected chi connectivity index (χ4v) is 1.68. The van der Waals surface area contributed by atoms with Gasteiger partial charge in [0.2, 0.25) is 0 Å². The summed E-state index contributed by atoms with van der Waals surface area (Å²) in [5, 5.41) is 11.7. The van der Waals surface area contributed by atoms with Crippen LogP contribution in [0, 0.1) is 11.8 Å². The molecule has 0 saturated heterocycles. The van der Waals surface area contributed by atoms with Gasteiger partial charge in [-0.3, -0.25) is 0 Å². The number of halogens is 1. The average molecular weight is 324 g/mol. The summed E-state index contributed by atoms with van der Waals surface area (Å²) >= 11 is 5.95. The second-order valence-electron chi connectivity index (χ2n) is 5.48. The molecule has 2 N–H and O–H groups in total. The number of ether oxygens (including phenoxy) is 1. The van der Waals surface area contributed by atoms with Crippen molar-refractivity contribution in [1.82, 2.24) is 5.32 Å². The van der Waals surface area contributed by atoms with Crippen LogP contribution in [-0.2, 0) is 4.74 Å². The molecule has 118 valence electrons. The SMILES string of the molecule is CC(C)(C)OC(=O)NCCC#Cc1ccc(C(=O)O)cc1Cl. The Hall–Kier alpha value is -2.19. The van der Waals surface area contributed by atoms with E-state index in [4.69, 9.17) is 21.4 Å². The number of amides is 1. The molecular weight excluding hydrogens is 306 g/mol. The zero-order chi connectivity index (χ0) is 16.8. The molecule has 0 radical (unpaired) electrons. The number of hydrogen-bond donors (Lipinski definition) is 2. The molecule has 1 aromatic carbocycles. The molecule has 5 nitrogen and oxygen atoms in total. The van der Waals surface area contributed by atoms with E-state index in [-0.39, 0.29) is 10.6 Å². The van der Waals surface area contributed by atoms with Crippen molar-refractivity contribution in [3.63, 3.8) is 0 Å². The highest BCUT2D eigenvalue weighted by atomic mass is 35.5. The summed E-state index contributed by atoms with van der Waals surface area (Å²) in [6.07, 6.45) is -0.0610. The maximum Gasteiger partial charge on any atom is 0.407 e.